The Morgan fingerprint density at radius 1 is 1.03 bits per heavy atom. The van der Waals surface area contributed by atoms with Gasteiger partial charge in [-0.15, -0.1) is 0 Å². The molecule has 2 saturated heterocycles. The summed E-state index contributed by atoms with van der Waals surface area (Å²) in [6.07, 6.45) is -4.13. The molecule has 14 heteroatoms. The van der Waals surface area contributed by atoms with Gasteiger partial charge in [0.15, 0.2) is 24.1 Å². The maximum atomic E-state index is 14.2. The standard InChI is InChI=1S/C24H23F7N4O3/c1-14(36)38-13-19-32-18(23(27,28)24(29,30)31)12-20(33-19)34-9-7-22(8-10-34)6-2-3-21(37)35(22)15-4-5-16(25)17(26)11-15/h4-5,11-12H,2-3,6-10,13H2,1H3. The van der Waals surface area contributed by atoms with Gasteiger partial charge in [0.25, 0.3) is 0 Å². The Labute approximate surface area is 212 Å². The summed E-state index contributed by atoms with van der Waals surface area (Å²) in [4.78, 5) is 34.3. The third kappa shape index (κ3) is 5.25. The van der Waals surface area contributed by atoms with Crippen LogP contribution in [0.2, 0.25) is 0 Å². The van der Waals surface area contributed by atoms with Crippen molar-refractivity contribution in [3.05, 3.63) is 47.4 Å². The van der Waals surface area contributed by atoms with Crippen LogP contribution in [0.5, 0.6) is 0 Å². The molecule has 0 unspecified atom stereocenters. The van der Waals surface area contributed by atoms with Gasteiger partial charge in [0.2, 0.25) is 5.91 Å². The summed E-state index contributed by atoms with van der Waals surface area (Å²) >= 11 is 0. The van der Waals surface area contributed by atoms with E-state index in [4.69, 9.17) is 4.74 Å². The molecule has 0 bridgehead atoms. The normalized spacial score (nSPS) is 18.2. The van der Waals surface area contributed by atoms with Crippen molar-refractivity contribution in [3.63, 3.8) is 0 Å². The van der Waals surface area contributed by atoms with Crippen molar-refractivity contribution in [1.29, 1.82) is 0 Å². The van der Waals surface area contributed by atoms with Gasteiger partial charge >= 0.3 is 18.1 Å². The molecule has 0 N–H and O–H groups in total. The number of halogens is 7. The summed E-state index contributed by atoms with van der Waals surface area (Å²) < 4.78 is 99.7. The van der Waals surface area contributed by atoms with Crippen molar-refractivity contribution in [1.82, 2.24) is 9.97 Å². The molecule has 206 valence electrons. The number of nitrogens with zero attached hydrogens (tertiary/aromatic N) is 4. The van der Waals surface area contributed by atoms with Crippen molar-refractivity contribution >= 4 is 23.4 Å². The van der Waals surface area contributed by atoms with Crippen molar-refractivity contribution in [3.8, 4) is 0 Å². The zero-order valence-corrected chi connectivity index (χ0v) is 20.1. The highest BCUT2D eigenvalue weighted by molar-refractivity contribution is 5.95. The SMILES string of the molecule is CC(=O)OCc1nc(N2CCC3(CCCC(=O)N3c3ccc(F)c(F)c3)CC2)cc(C(F)(F)C(F)(F)F)n1. The summed E-state index contributed by atoms with van der Waals surface area (Å²) in [5.74, 6) is -9.32. The van der Waals surface area contributed by atoms with Crippen LogP contribution >= 0.6 is 0 Å². The lowest BCUT2D eigenvalue weighted by molar-refractivity contribution is -0.291. The molecule has 0 radical (unpaired) electrons. The van der Waals surface area contributed by atoms with E-state index in [0.717, 1.165) is 19.1 Å². The van der Waals surface area contributed by atoms with E-state index in [2.05, 4.69) is 9.97 Å². The molecule has 7 nitrogen and oxygen atoms in total. The Balaban J connectivity index is 1.64. The Hall–Kier alpha value is -3.45. The van der Waals surface area contributed by atoms with E-state index in [1.165, 1.54) is 15.9 Å². The second-order valence-corrected chi connectivity index (χ2v) is 9.27. The fraction of sp³-hybridized carbons (Fsp3) is 0.500. The molecule has 0 atom stereocenters. The molecule has 2 aliphatic rings. The van der Waals surface area contributed by atoms with E-state index in [9.17, 15) is 40.3 Å². The number of esters is 1. The van der Waals surface area contributed by atoms with Gasteiger partial charge in [-0.2, -0.15) is 22.0 Å². The highest BCUT2D eigenvalue weighted by Crippen LogP contribution is 2.45. The van der Waals surface area contributed by atoms with Crippen LogP contribution in [0.15, 0.2) is 24.3 Å². The van der Waals surface area contributed by atoms with Crippen molar-refractivity contribution in [2.24, 2.45) is 0 Å². The Morgan fingerprint density at radius 3 is 2.32 bits per heavy atom. The lowest BCUT2D eigenvalue weighted by atomic mass is 9.78. The first-order chi connectivity index (χ1) is 17.7. The van der Waals surface area contributed by atoms with E-state index in [1.807, 2.05) is 0 Å². The number of piperidine rings is 2. The molecule has 2 fully saturated rings. The maximum absolute atomic E-state index is 14.2. The highest BCUT2D eigenvalue weighted by atomic mass is 19.4. The summed E-state index contributed by atoms with van der Waals surface area (Å²) in [5, 5.41) is 0. The minimum atomic E-state index is -5.92. The van der Waals surface area contributed by atoms with Crippen LogP contribution in [-0.2, 0) is 26.9 Å². The molecule has 1 aromatic carbocycles. The van der Waals surface area contributed by atoms with E-state index in [0.29, 0.717) is 18.9 Å². The first kappa shape index (κ1) is 27.6. The Morgan fingerprint density at radius 2 is 1.71 bits per heavy atom. The van der Waals surface area contributed by atoms with E-state index < -0.39 is 53.4 Å². The molecule has 2 aromatic rings. The zero-order valence-electron chi connectivity index (χ0n) is 20.1. The van der Waals surface area contributed by atoms with Gasteiger partial charge in [0.05, 0.1) is 5.54 Å². The molecule has 1 amide bonds. The molecule has 38 heavy (non-hydrogen) atoms. The van der Waals surface area contributed by atoms with Gasteiger partial charge in [0.1, 0.15) is 11.5 Å². The molecule has 1 spiro atoms. The molecule has 3 heterocycles. The largest absolute Gasteiger partial charge is 0.459 e. The zero-order chi connectivity index (χ0) is 27.9. The topological polar surface area (TPSA) is 75.6 Å². The number of rotatable bonds is 5. The van der Waals surface area contributed by atoms with Crippen LogP contribution in [0.3, 0.4) is 0 Å². The van der Waals surface area contributed by atoms with Crippen LogP contribution in [0, 0.1) is 11.6 Å². The number of carbonyl (C=O) groups is 2. The summed E-state index contributed by atoms with van der Waals surface area (Å²) in [6, 6.07) is 3.70. The lowest BCUT2D eigenvalue weighted by Crippen LogP contribution is -2.60. The highest BCUT2D eigenvalue weighted by Gasteiger charge is 2.60. The average Bonchev–Trinajstić information content (AvgIpc) is 2.84. The average molecular weight is 548 g/mol. The molecule has 4 rings (SSSR count). The molecular weight excluding hydrogens is 525 g/mol. The molecule has 1 aromatic heterocycles. The first-order valence-electron chi connectivity index (χ1n) is 11.7. The number of aromatic nitrogens is 2. The number of amides is 1. The number of alkyl halides is 5. The smallest absolute Gasteiger partial charge is 0.458 e. The second kappa shape index (κ2) is 10.0. The van der Waals surface area contributed by atoms with Gasteiger partial charge in [-0.25, -0.2) is 18.7 Å². The van der Waals surface area contributed by atoms with Crippen LogP contribution < -0.4 is 9.80 Å². The molecular formula is C24H23F7N4O3. The predicted molar refractivity (Wildman–Crippen MR) is 119 cm³/mol. The van der Waals surface area contributed by atoms with Crippen molar-refractivity contribution < 1.29 is 45.1 Å². The minimum absolute atomic E-state index is 0.106. The number of ether oxygens (including phenoxy) is 1. The van der Waals surface area contributed by atoms with Gasteiger partial charge in [-0.3, -0.25) is 9.59 Å². The monoisotopic (exact) mass is 548 g/mol. The molecule has 0 aliphatic carbocycles. The third-order valence-electron chi connectivity index (χ3n) is 6.78. The summed E-state index contributed by atoms with van der Waals surface area (Å²) in [6.45, 7) is 0.534. The molecule has 2 aliphatic heterocycles. The van der Waals surface area contributed by atoms with Gasteiger partial charge in [-0.05, 0) is 37.8 Å². The fourth-order valence-electron chi connectivity index (χ4n) is 4.91. The number of carbonyl (C=O) groups excluding carboxylic acids is 2. The summed E-state index contributed by atoms with van der Waals surface area (Å²) in [7, 11) is 0. The fourth-order valence-corrected chi connectivity index (χ4v) is 4.91. The van der Waals surface area contributed by atoms with E-state index in [-0.39, 0.29) is 49.8 Å². The van der Waals surface area contributed by atoms with Crippen molar-refractivity contribution in [2.45, 2.75) is 63.3 Å². The van der Waals surface area contributed by atoms with Crippen LogP contribution in [0.4, 0.5) is 42.2 Å². The molecule has 0 saturated carbocycles. The predicted octanol–water partition coefficient (Wildman–Crippen LogP) is 5.03. The van der Waals surface area contributed by atoms with E-state index in [1.54, 1.807) is 0 Å². The third-order valence-corrected chi connectivity index (χ3v) is 6.78. The number of anilines is 2. The van der Waals surface area contributed by atoms with Crippen LogP contribution in [-0.4, -0.2) is 46.6 Å². The van der Waals surface area contributed by atoms with Crippen LogP contribution in [0.1, 0.15) is 50.5 Å². The van der Waals surface area contributed by atoms with Gasteiger partial charge < -0.3 is 14.5 Å². The lowest BCUT2D eigenvalue weighted by Gasteiger charge is -2.51. The number of benzene rings is 1. The van der Waals surface area contributed by atoms with E-state index >= 15 is 0 Å². The second-order valence-electron chi connectivity index (χ2n) is 9.27. The first-order valence-corrected chi connectivity index (χ1v) is 11.7. The Kier molecular flexibility index (Phi) is 7.28. The number of hydrogen-bond donors (Lipinski definition) is 0. The number of hydrogen-bond acceptors (Lipinski definition) is 6. The van der Waals surface area contributed by atoms with Crippen LogP contribution in [0.25, 0.3) is 0 Å². The summed E-state index contributed by atoms with van der Waals surface area (Å²) in [5.41, 5.74) is -2.20. The van der Waals surface area contributed by atoms with Gasteiger partial charge in [0, 0.05) is 44.3 Å². The van der Waals surface area contributed by atoms with Crippen molar-refractivity contribution in [2.75, 3.05) is 22.9 Å². The Bertz CT molecular complexity index is 1230. The maximum Gasteiger partial charge on any atom is 0.459 e. The quantitative estimate of drug-likeness (QED) is 0.386. The minimum Gasteiger partial charge on any atom is -0.458 e. The van der Waals surface area contributed by atoms with Gasteiger partial charge in [-0.1, -0.05) is 0 Å².